The Morgan fingerprint density at radius 2 is 1.52 bits per heavy atom. The summed E-state index contributed by atoms with van der Waals surface area (Å²) in [6, 6.07) is 8.69. The van der Waals surface area contributed by atoms with Crippen LogP contribution in [0.25, 0.3) is 0 Å². The third-order valence-electron chi connectivity index (χ3n) is 6.61. The first-order valence-corrected chi connectivity index (χ1v) is 11.4. The van der Waals surface area contributed by atoms with Gasteiger partial charge in [0.05, 0.1) is 0 Å². The number of hydrogen-bond acceptors (Lipinski definition) is 3. The summed E-state index contributed by atoms with van der Waals surface area (Å²) in [5, 5.41) is 0. The highest BCUT2D eigenvalue weighted by Crippen LogP contribution is 2.44. The van der Waals surface area contributed by atoms with E-state index in [1.807, 2.05) is 9.80 Å². The van der Waals surface area contributed by atoms with Gasteiger partial charge in [-0.1, -0.05) is 43.7 Å². The number of piperazine rings is 1. The first-order valence-electron chi connectivity index (χ1n) is 11.4. The summed E-state index contributed by atoms with van der Waals surface area (Å²) in [7, 11) is 0. The zero-order valence-corrected chi connectivity index (χ0v) is 18.4. The monoisotopic (exact) mass is 399 g/mol. The van der Waals surface area contributed by atoms with Crippen LogP contribution in [-0.2, 0) is 9.59 Å². The van der Waals surface area contributed by atoms with Crippen LogP contribution in [0.5, 0.6) is 0 Å². The predicted molar refractivity (Wildman–Crippen MR) is 117 cm³/mol. The van der Waals surface area contributed by atoms with E-state index in [0.29, 0.717) is 50.9 Å². The van der Waals surface area contributed by atoms with Gasteiger partial charge in [-0.2, -0.15) is 0 Å². The quantitative estimate of drug-likeness (QED) is 0.640. The first-order chi connectivity index (χ1) is 14.0. The van der Waals surface area contributed by atoms with E-state index in [4.69, 9.17) is 0 Å². The molecule has 1 saturated carbocycles. The van der Waals surface area contributed by atoms with Gasteiger partial charge < -0.3 is 14.7 Å². The van der Waals surface area contributed by atoms with Gasteiger partial charge in [0.1, 0.15) is 0 Å². The minimum atomic E-state index is 0.222. The summed E-state index contributed by atoms with van der Waals surface area (Å²) in [6.07, 6.45) is 3.65. The maximum Gasteiger partial charge on any atom is 0.223 e. The Morgan fingerprint density at radius 3 is 2.03 bits per heavy atom. The molecule has 1 unspecified atom stereocenters. The number of hydrogen-bond donors (Lipinski definition) is 0. The van der Waals surface area contributed by atoms with Gasteiger partial charge >= 0.3 is 0 Å². The van der Waals surface area contributed by atoms with E-state index in [9.17, 15) is 9.59 Å². The highest BCUT2D eigenvalue weighted by atomic mass is 16.2. The lowest BCUT2D eigenvalue weighted by Crippen LogP contribution is -2.51. The molecule has 3 rings (SSSR count). The van der Waals surface area contributed by atoms with Gasteiger partial charge in [0.2, 0.25) is 11.8 Å². The highest BCUT2D eigenvalue weighted by Gasteiger charge is 2.35. The summed E-state index contributed by atoms with van der Waals surface area (Å²) in [5.74, 6) is 1.47. The van der Waals surface area contributed by atoms with Crippen molar-refractivity contribution in [2.45, 2.75) is 52.4 Å². The summed E-state index contributed by atoms with van der Waals surface area (Å²) >= 11 is 0. The van der Waals surface area contributed by atoms with Gasteiger partial charge in [-0.25, -0.2) is 0 Å². The van der Waals surface area contributed by atoms with E-state index in [2.05, 4.69) is 49.9 Å². The topological polar surface area (TPSA) is 43.9 Å². The van der Waals surface area contributed by atoms with Crippen LogP contribution in [0.15, 0.2) is 24.3 Å². The summed E-state index contributed by atoms with van der Waals surface area (Å²) < 4.78 is 0. The van der Waals surface area contributed by atoms with Crippen LogP contribution in [0.2, 0.25) is 0 Å². The molecule has 2 aliphatic rings. The molecule has 0 bridgehead atoms. The van der Waals surface area contributed by atoms with Crippen molar-refractivity contribution in [2.24, 2.45) is 5.92 Å². The Kier molecular flexibility index (Phi) is 7.70. The number of carbonyl (C=O) groups is 2. The minimum Gasteiger partial charge on any atom is -0.339 e. The van der Waals surface area contributed by atoms with Gasteiger partial charge in [-0.3, -0.25) is 9.59 Å². The van der Waals surface area contributed by atoms with Crippen molar-refractivity contribution in [1.82, 2.24) is 14.7 Å². The molecule has 1 aliphatic carbocycles. The third-order valence-corrected chi connectivity index (χ3v) is 6.61. The van der Waals surface area contributed by atoms with Gasteiger partial charge in [-0.15, -0.1) is 0 Å². The minimum absolute atomic E-state index is 0.222. The van der Waals surface area contributed by atoms with Crippen molar-refractivity contribution in [1.29, 1.82) is 0 Å². The van der Waals surface area contributed by atoms with Gasteiger partial charge in [0.15, 0.2) is 0 Å². The van der Waals surface area contributed by atoms with E-state index in [1.54, 1.807) is 0 Å². The molecule has 0 aromatic heterocycles. The molecule has 5 heteroatoms. The maximum absolute atomic E-state index is 13.0. The second-order valence-electron chi connectivity index (χ2n) is 8.60. The number of carbonyl (C=O) groups excluding carboxylic acids is 2. The largest absolute Gasteiger partial charge is 0.339 e. The number of rotatable bonds is 9. The Bertz CT molecular complexity index is 672. The molecule has 1 heterocycles. The number of aryl methyl sites for hydroxylation is 1. The Hall–Kier alpha value is -1.88. The van der Waals surface area contributed by atoms with Crippen LogP contribution < -0.4 is 0 Å². The molecule has 1 aliphatic heterocycles. The van der Waals surface area contributed by atoms with Crippen LogP contribution in [0.1, 0.15) is 56.6 Å². The lowest BCUT2D eigenvalue weighted by Gasteiger charge is -2.36. The SMILES string of the molecule is CCN(CC)CCC(=O)N1CCN(C(=O)CC(c2ccc(C)cc2)C2CC2)CC1. The van der Waals surface area contributed by atoms with Crippen molar-refractivity contribution in [3.8, 4) is 0 Å². The first kappa shape index (κ1) is 21.8. The maximum atomic E-state index is 13.0. The summed E-state index contributed by atoms with van der Waals surface area (Å²) in [6.45, 7) is 11.8. The molecule has 0 N–H and O–H groups in total. The number of benzene rings is 1. The van der Waals surface area contributed by atoms with E-state index >= 15 is 0 Å². The van der Waals surface area contributed by atoms with Crippen LogP contribution in [0.3, 0.4) is 0 Å². The molecule has 160 valence electrons. The summed E-state index contributed by atoms with van der Waals surface area (Å²) in [4.78, 5) is 31.6. The molecule has 2 fully saturated rings. The van der Waals surface area contributed by atoms with Gasteiger partial charge in [0.25, 0.3) is 0 Å². The molecule has 1 saturated heterocycles. The van der Waals surface area contributed by atoms with E-state index < -0.39 is 0 Å². The second-order valence-corrected chi connectivity index (χ2v) is 8.60. The molecule has 2 amide bonds. The molecule has 1 atom stereocenters. The van der Waals surface area contributed by atoms with Gasteiger partial charge in [0, 0.05) is 45.6 Å². The van der Waals surface area contributed by atoms with Crippen LogP contribution in [0, 0.1) is 12.8 Å². The fourth-order valence-electron chi connectivity index (χ4n) is 4.34. The summed E-state index contributed by atoms with van der Waals surface area (Å²) in [5.41, 5.74) is 2.56. The molecule has 0 radical (unpaired) electrons. The smallest absolute Gasteiger partial charge is 0.223 e. The normalized spacial score (nSPS) is 18.2. The lowest BCUT2D eigenvalue weighted by atomic mass is 9.90. The molecule has 29 heavy (non-hydrogen) atoms. The highest BCUT2D eigenvalue weighted by molar-refractivity contribution is 5.79. The van der Waals surface area contributed by atoms with E-state index in [-0.39, 0.29) is 11.8 Å². The standard InChI is InChI=1S/C24H37N3O2/c1-4-25(5-2)13-12-23(28)26-14-16-27(17-15-26)24(29)18-22(21-10-11-21)20-8-6-19(3)7-9-20/h6-9,21-22H,4-5,10-18H2,1-3H3. The molecule has 0 spiro atoms. The van der Waals surface area contributed by atoms with Crippen molar-refractivity contribution in [3.05, 3.63) is 35.4 Å². The van der Waals surface area contributed by atoms with E-state index in [1.165, 1.54) is 24.0 Å². The zero-order valence-electron chi connectivity index (χ0n) is 18.4. The molecular formula is C24H37N3O2. The molecular weight excluding hydrogens is 362 g/mol. The average molecular weight is 400 g/mol. The molecule has 1 aromatic rings. The molecule has 5 nitrogen and oxygen atoms in total. The zero-order chi connectivity index (χ0) is 20.8. The fourth-order valence-corrected chi connectivity index (χ4v) is 4.34. The van der Waals surface area contributed by atoms with Crippen molar-refractivity contribution in [2.75, 3.05) is 45.8 Å². The Morgan fingerprint density at radius 1 is 0.966 bits per heavy atom. The van der Waals surface area contributed by atoms with Crippen LogP contribution in [-0.4, -0.2) is 72.3 Å². The lowest BCUT2D eigenvalue weighted by molar-refractivity contribution is -0.140. The van der Waals surface area contributed by atoms with Crippen molar-refractivity contribution >= 4 is 11.8 Å². The number of nitrogens with zero attached hydrogens (tertiary/aromatic N) is 3. The Balaban J connectivity index is 1.48. The van der Waals surface area contributed by atoms with Gasteiger partial charge in [-0.05, 0) is 50.3 Å². The van der Waals surface area contributed by atoms with Crippen LogP contribution in [0.4, 0.5) is 0 Å². The predicted octanol–water partition coefficient (Wildman–Crippen LogP) is 3.28. The number of amides is 2. The Labute approximate surface area is 176 Å². The third kappa shape index (κ3) is 6.05. The average Bonchev–Trinajstić information content (AvgIpc) is 3.58. The molecule has 1 aromatic carbocycles. The van der Waals surface area contributed by atoms with Crippen molar-refractivity contribution in [3.63, 3.8) is 0 Å². The van der Waals surface area contributed by atoms with E-state index in [0.717, 1.165) is 19.6 Å². The van der Waals surface area contributed by atoms with Crippen molar-refractivity contribution < 1.29 is 9.59 Å². The second kappa shape index (κ2) is 10.2. The van der Waals surface area contributed by atoms with Crippen LogP contribution >= 0.6 is 0 Å². The fraction of sp³-hybridized carbons (Fsp3) is 0.667.